The average Bonchev–Trinajstić information content (AvgIpc) is 3.05. The van der Waals surface area contributed by atoms with Gasteiger partial charge >= 0.3 is 12.1 Å². The van der Waals surface area contributed by atoms with Crippen LogP contribution in [-0.4, -0.2) is 78.9 Å². The minimum Gasteiger partial charge on any atom is -0.482 e. The number of carbonyl (C=O) groups is 2. The number of piperidine rings is 2. The van der Waals surface area contributed by atoms with Crippen LogP contribution in [0.25, 0.3) is 0 Å². The molecule has 11 heteroatoms. The fourth-order valence-corrected chi connectivity index (χ4v) is 9.17. The molecule has 3 aliphatic heterocycles. The number of carboxylic acids is 1. The summed E-state index contributed by atoms with van der Waals surface area (Å²) in [6.07, 6.45) is 1.04. The smallest absolute Gasteiger partial charge is 0.410 e. The first-order valence-electron chi connectivity index (χ1n) is 16.6. The molecule has 3 fully saturated rings. The molecule has 0 unspecified atom stereocenters. The lowest BCUT2D eigenvalue weighted by molar-refractivity contribution is -0.139. The van der Waals surface area contributed by atoms with E-state index in [1.54, 1.807) is 9.21 Å². The van der Waals surface area contributed by atoms with Gasteiger partial charge in [-0.3, -0.25) is 0 Å². The molecule has 0 aromatic heterocycles. The molecular formula is C36H48N2O8S. The molecule has 0 aliphatic carbocycles. The van der Waals surface area contributed by atoms with E-state index in [1.807, 2.05) is 50.2 Å². The van der Waals surface area contributed by atoms with Crippen molar-refractivity contribution in [3.8, 4) is 5.75 Å². The summed E-state index contributed by atoms with van der Waals surface area (Å²) in [5.74, 6) is -0.411. The number of likely N-dealkylation sites (tertiary alicyclic amines) is 1. The lowest BCUT2D eigenvalue weighted by atomic mass is 9.75. The summed E-state index contributed by atoms with van der Waals surface area (Å²) in [6.45, 7) is 13.5. The van der Waals surface area contributed by atoms with Crippen molar-refractivity contribution in [2.24, 2.45) is 11.8 Å². The Kier molecular flexibility index (Phi) is 11.0. The van der Waals surface area contributed by atoms with Crippen LogP contribution < -0.4 is 4.74 Å². The second-order valence-corrected chi connectivity index (χ2v) is 15.8. The van der Waals surface area contributed by atoms with Crippen LogP contribution in [0.2, 0.25) is 0 Å². The number of ether oxygens (including phenoxy) is 3. The monoisotopic (exact) mass is 668 g/mol. The fraction of sp³-hybridized carbons (Fsp3) is 0.556. The Morgan fingerprint density at radius 1 is 1.09 bits per heavy atom. The lowest BCUT2D eigenvalue weighted by Gasteiger charge is -2.48. The molecule has 3 saturated heterocycles. The van der Waals surface area contributed by atoms with Crippen LogP contribution in [0, 0.1) is 18.8 Å². The number of carbonyl (C=O) groups excluding carboxylic acids is 1. The number of hydrogen-bond donors (Lipinski definition) is 1. The zero-order chi connectivity index (χ0) is 33.9. The van der Waals surface area contributed by atoms with Crippen LogP contribution in [-0.2, 0) is 30.9 Å². The van der Waals surface area contributed by atoms with Gasteiger partial charge in [-0.05, 0) is 74.1 Å². The van der Waals surface area contributed by atoms with E-state index in [4.69, 9.17) is 14.2 Å². The van der Waals surface area contributed by atoms with Crippen molar-refractivity contribution >= 4 is 22.1 Å². The molecule has 2 aromatic rings. The highest BCUT2D eigenvalue weighted by atomic mass is 32.2. The van der Waals surface area contributed by atoms with Crippen molar-refractivity contribution in [1.82, 2.24) is 9.21 Å². The average molecular weight is 669 g/mol. The molecule has 3 heterocycles. The van der Waals surface area contributed by atoms with E-state index >= 15 is 0 Å². The van der Waals surface area contributed by atoms with Crippen molar-refractivity contribution in [1.29, 1.82) is 0 Å². The Labute approximate surface area is 278 Å². The van der Waals surface area contributed by atoms with Crippen LogP contribution in [0.1, 0.15) is 80.7 Å². The Hall–Kier alpha value is -3.41. The molecule has 1 N–H and O–H groups in total. The van der Waals surface area contributed by atoms with Gasteiger partial charge in [-0.25, -0.2) is 22.3 Å². The van der Waals surface area contributed by atoms with Gasteiger partial charge < -0.3 is 24.2 Å². The van der Waals surface area contributed by atoms with Gasteiger partial charge in [-0.1, -0.05) is 62.4 Å². The molecule has 0 spiro atoms. The van der Waals surface area contributed by atoms with Gasteiger partial charge in [0.05, 0.1) is 17.5 Å². The predicted octanol–water partition coefficient (Wildman–Crippen LogP) is 6.06. The summed E-state index contributed by atoms with van der Waals surface area (Å²) in [7, 11) is -3.58. The molecule has 256 valence electrons. The molecule has 5 rings (SSSR count). The van der Waals surface area contributed by atoms with E-state index in [2.05, 4.69) is 26.5 Å². The van der Waals surface area contributed by atoms with Crippen LogP contribution in [0.15, 0.2) is 54.6 Å². The predicted molar refractivity (Wildman–Crippen MR) is 179 cm³/mol. The first-order chi connectivity index (χ1) is 22.3. The third-order valence-electron chi connectivity index (χ3n) is 9.86. The Morgan fingerprint density at radius 2 is 1.79 bits per heavy atom. The third kappa shape index (κ3) is 8.01. The standard InChI is InChI=1S/C36H48N2O8S/c1-23(2)27-17-25(5)34(32(19-27)44-22-33(39)40)35-30(24(3)4)18-28-20-38(16-13-31(28)46-35)47(42,43)29-11-14-37(15-12-29)36(41)45-21-26-9-7-6-8-10-26/h6-10,17,19,23,28-31,35H,3,11-16,18,20-22H2,1-2,4-5H3,(H,39,40)/t28-,30-,31+,35+/m0/s1. The summed E-state index contributed by atoms with van der Waals surface area (Å²) in [4.78, 5) is 25.7. The second-order valence-electron chi connectivity index (χ2n) is 13.5. The fourth-order valence-electron chi connectivity index (χ4n) is 7.18. The zero-order valence-corrected chi connectivity index (χ0v) is 28.7. The number of aryl methyl sites for hydroxylation is 1. The van der Waals surface area contributed by atoms with E-state index in [-0.39, 0.29) is 36.6 Å². The van der Waals surface area contributed by atoms with Crippen molar-refractivity contribution in [2.45, 2.75) is 83.4 Å². The number of benzene rings is 2. The van der Waals surface area contributed by atoms with Gasteiger partial charge in [0.15, 0.2) is 6.61 Å². The number of fused-ring (bicyclic) bond motifs is 1. The van der Waals surface area contributed by atoms with Crippen molar-refractivity contribution < 1.29 is 37.3 Å². The molecule has 0 radical (unpaired) electrons. The number of amides is 1. The van der Waals surface area contributed by atoms with Gasteiger partial charge in [0.1, 0.15) is 12.4 Å². The molecule has 47 heavy (non-hydrogen) atoms. The lowest BCUT2D eigenvalue weighted by Crippen LogP contribution is -2.54. The van der Waals surface area contributed by atoms with E-state index in [1.165, 1.54) is 0 Å². The summed E-state index contributed by atoms with van der Waals surface area (Å²) in [5, 5.41) is 8.80. The van der Waals surface area contributed by atoms with Gasteiger partial charge in [-0.15, -0.1) is 0 Å². The van der Waals surface area contributed by atoms with Gasteiger partial charge in [0, 0.05) is 37.7 Å². The molecule has 1 amide bonds. The highest BCUT2D eigenvalue weighted by Crippen LogP contribution is 2.49. The minimum atomic E-state index is -3.58. The van der Waals surface area contributed by atoms with Gasteiger partial charge in [0.25, 0.3) is 0 Å². The molecule has 10 nitrogen and oxygen atoms in total. The molecule has 2 aromatic carbocycles. The van der Waals surface area contributed by atoms with Crippen molar-refractivity contribution in [3.05, 3.63) is 76.9 Å². The van der Waals surface area contributed by atoms with Crippen LogP contribution in [0.3, 0.4) is 0 Å². The highest BCUT2D eigenvalue weighted by molar-refractivity contribution is 7.89. The first kappa shape index (κ1) is 34.9. The molecule has 4 atom stereocenters. The normalized spacial score (nSPS) is 24.1. The quantitative estimate of drug-likeness (QED) is 0.304. The number of carboxylic acid groups (broad SMARTS) is 1. The Bertz CT molecular complexity index is 1550. The second kappa shape index (κ2) is 14.8. The van der Waals surface area contributed by atoms with E-state index in [0.29, 0.717) is 57.6 Å². The SMILES string of the molecule is C=C(C)[C@@H]1C[C@H]2CN(S(=O)(=O)C3CCN(C(=O)OCc4ccccc4)CC3)CC[C@H]2O[C@H]1c1c(C)cc(C(C)C)cc1OCC(=O)O. The highest BCUT2D eigenvalue weighted by Gasteiger charge is 2.46. The minimum absolute atomic E-state index is 0.0110. The maximum absolute atomic E-state index is 13.9. The molecule has 0 saturated carbocycles. The molecule has 3 aliphatic rings. The third-order valence-corrected chi connectivity index (χ3v) is 12.2. The molecule has 0 bridgehead atoms. The number of rotatable bonds is 10. The van der Waals surface area contributed by atoms with E-state index in [9.17, 15) is 23.1 Å². The Balaban J connectivity index is 1.25. The maximum atomic E-state index is 13.9. The summed E-state index contributed by atoms with van der Waals surface area (Å²) >= 11 is 0. The topological polar surface area (TPSA) is 123 Å². The van der Waals surface area contributed by atoms with Crippen molar-refractivity contribution in [2.75, 3.05) is 32.8 Å². The Morgan fingerprint density at radius 3 is 2.43 bits per heavy atom. The van der Waals surface area contributed by atoms with Crippen LogP contribution in [0.4, 0.5) is 4.79 Å². The summed E-state index contributed by atoms with van der Waals surface area (Å²) in [5.41, 5.74) is 4.70. The maximum Gasteiger partial charge on any atom is 0.410 e. The largest absolute Gasteiger partial charge is 0.482 e. The molecular weight excluding hydrogens is 620 g/mol. The van der Waals surface area contributed by atoms with Gasteiger partial charge in [0.2, 0.25) is 10.0 Å². The van der Waals surface area contributed by atoms with Crippen LogP contribution >= 0.6 is 0 Å². The number of hydrogen-bond acceptors (Lipinski definition) is 7. The first-order valence-corrected chi connectivity index (χ1v) is 18.1. The van der Waals surface area contributed by atoms with Gasteiger partial charge in [-0.2, -0.15) is 0 Å². The van der Waals surface area contributed by atoms with E-state index < -0.39 is 33.9 Å². The van der Waals surface area contributed by atoms with E-state index in [0.717, 1.165) is 27.8 Å². The summed E-state index contributed by atoms with van der Waals surface area (Å²) < 4.78 is 47.5. The summed E-state index contributed by atoms with van der Waals surface area (Å²) in [6, 6.07) is 13.5. The number of aliphatic carboxylic acids is 1. The van der Waals surface area contributed by atoms with Crippen LogP contribution in [0.5, 0.6) is 5.75 Å². The number of nitrogens with zero attached hydrogens (tertiary/aromatic N) is 2. The zero-order valence-electron chi connectivity index (χ0n) is 27.9. The van der Waals surface area contributed by atoms with Crippen molar-refractivity contribution in [3.63, 3.8) is 0 Å². The number of sulfonamides is 1.